The summed E-state index contributed by atoms with van der Waals surface area (Å²) < 4.78 is 12.3. The monoisotopic (exact) mass is 229 g/mol. The molecule has 1 rings (SSSR count). The molecule has 0 aliphatic rings. The largest absolute Gasteiger partial charge is 0.328 e. The molecule has 0 spiro atoms. The van der Waals surface area contributed by atoms with Gasteiger partial charge in [-0.2, -0.15) is 0 Å². The Kier molecular flexibility index (Phi) is 4.24. The van der Waals surface area contributed by atoms with Crippen molar-refractivity contribution in [2.75, 3.05) is 11.2 Å². The van der Waals surface area contributed by atoms with Gasteiger partial charge in [0.1, 0.15) is 6.67 Å². The first-order valence-electron chi connectivity index (χ1n) is 4.21. The van der Waals surface area contributed by atoms with Crippen LogP contribution in [-0.4, -0.2) is 18.1 Å². The molecule has 0 aliphatic carbocycles. The van der Waals surface area contributed by atoms with Gasteiger partial charge < -0.3 is 5.32 Å². The van der Waals surface area contributed by atoms with E-state index in [0.29, 0.717) is 12.0 Å². The summed E-state index contributed by atoms with van der Waals surface area (Å²) in [6.45, 7) is -0.650. The van der Waals surface area contributed by atoms with Crippen LogP contribution in [0.5, 0.6) is 0 Å². The average molecular weight is 230 g/mol. The van der Waals surface area contributed by atoms with Gasteiger partial charge in [0.2, 0.25) is 6.41 Å². The minimum absolute atomic E-state index is 0.178. The van der Waals surface area contributed by atoms with E-state index in [2.05, 4.69) is 5.32 Å². The van der Waals surface area contributed by atoms with Crippen molar-refractivity contribution in [1.82, 2.24) is 0 Å². The lowest BCUT2D eigenvalue weighted by molar-refractivity contribution is -0.105. The second-order valence-electron chi connectivity index (χ2n) is 2.83. The molecule has 1 N–H and O–H groups in total. The number of nitrogens with one attached hydrogen (secondary N) is 1. The summed E-state index contributed by atoms with van der Waals surface area (Å²) >= 11 is 5.39. The minimum atomic E-state index is -0.650. The summed E-state index contributed by atoms with van der Waals surface area (Å²) in [6, 6.07) is 4.34. The molecule has 0 unspecified atom stereocenters. The Morgan fingerprint density at radius 2 is 2.27 bits per heavy atom. The van der Waals surface area contributed by atoms with Gasteiger partial charge in [0.15, 0.2) is 5.78 Å². The number of anilines is 1. The maximum atomic E-state index is 12.3. The van der Waals surface area contributed by atoms with E-state index in [1.807, 2.05) is 0 Å². The Balaban J connectivity index is 3.13. The van der Waals surface area contributed by atoms with Crippen LogP contribution >= 0.6 is 11.6 Å². The lowest BCUT2D eigenvalue weighted by Gasteiger charge is -2.07. The number of Topliss-reactive ketones (excluding diaryl/α,β-unsaturated/α-hetero) is 1. The van der Waals surface area contributed by atoms with Crippen LogP contribution in [0.1, 0.15) is 15.9 Å². The van der Waals surface area contributed by atoms with Crippen molar-refractivity contribution in [2.24, 2.45) is 0 Å². The molecule has 15 heavy (non-hydrogen) atoms. The molecule has 1 aromatic rings. The number of carbonyl (C=O) groups excluding carboxylic acids is 2. The SMILES string of the molecule is O=CNc1cc(CF)ccc1C(=O)CCl. The van der Waals surface area contributed by atoms with E-state index in [4.69, 9.17) is 11.6 Å². The summed E-state index contributed by atoms with van der Waals surface area (Å²) in [4.78, 5) is 21.6. The number of hydrogen-bond donors (Lipinski definition) is 1. The summed E-state index contributed by atoms with van der Waals surface area (Å²) in [6.07, 6.45) is 0.433. The summed E-state index contributed by atoms with van der Waals surface area (Å²) in [5.41, 5.74) is 0.963. The van der Waals surface area contributed by atoms with Gasteiger partial charge in [0.25, 0.3) is 0 Å². The molecule has 0 aromatic heterocycles. The van der Waals surface area contributed by atoms with Gasteiger partial charge in [0, 0.05) is 5.56 Å². The Labute approximate surface area is 91.2 Å². The van der Waals surface area contributed by atoms with Crippen LogP contribution in [0.4, 0.5) is 10.1 Å². The second kappa shape index (κ2) is 5.46. The highest BCUT2D eigenvalue weighted by molar-refractivity contribution is 6.31. The van der Waals surface area contributed by atoms with Gasteiger partial charge in [-0.15, -0.1) is 11.6 Å². The van der Waals surface area contributed by atoms with Crippen LogP contribution in [-0.2, 0) is 11.5 Å². The zero-order chi connectivity index (χ0) is 11.3. The number of rotatable bonds is 5. The third-order valence-corrected chi connectivity index (χ3v) is 2.12. The molecule has 0 bridgehead atoms. The fourth-order valence-electron chi connectivity index (χ4n) is 1.17. The Bertz CT molecular complexity index is 382. The molecule has 1 aromatic carbocycles. The van der Waals surface area contributed by atoms with Gasteiger partial charge in [0.05, 0.1) is 11.6 Å². The summed E-state index contributed by atoms with van der Waals surface area (Å²) in [5, 5.41) is 2.34. The van der Waals surface area contributed by atoms with Crippen LogP contribution in [0.25, 0.3) is 0 Å². The van der Waals surface area contributed by atoms with Crippen LogP contribution in [0, 0.1) is 0 Å². The predicted octanol–water partition coefficient (Wildman–Crippen LogP) is 2.15. The molecule has 0 fully saturated rings. The number of carbonyl (C=O) groups is 2. The minimum Gasteiger partial charge on any atom is -0.328 e. The van der Waals surface area contributed by atoms with Gasteiger partial charge in [-0.05, 0) is 17.7 Å². The van der Waals surface area contributed by atoms with Crippen LogP contribution in [0.2, 0.25) is 0 Å². The predicted molar refractivity (Wildman–Crippen MR) is 56.0 cm³/mol. The molecule has 3 nitrogen and oxygen atoms in total. The lowest BCUT2D eigenvalue weighted by Crippen LogP contribution is -2.07. The maximum Gasteiger partial charge on any atom is 0.211 e. The fraction of sp³-hybridized carbons (Fsp3) is 0.200. The highest BCUT2D eigenvalue weighted by Crippen LogP contribution is 2.19. The van der Waals surface area contributed by atoms with Gasteiger partial charge in [-0.1, -0.05) is 6.07 Å². The third-order valence-electron chi connectivity index (χ3n) is 1.87. The average Bonchev–Trinajstić information content (AvgIpc) is 2.28. The first kappa shape index (κ1) is 11.7. The molecule has 0 saturated carbocycles. The van der Waals surface area contributed by atoms with Crippen molar-refractivity contribution >= 4 is 29.5 Å². The molecule has 0 atom stereocenters. The lowest BCUT2D eigenvalue weighted by atomic mass is 10.1. The molecule has 0 aliphatic heterocycles. The van der Waals surface area contributed by atoms with Crippen molar-refractivity contribution in [3.63, 3.8) is 0 Å². The third kappa shape index (κ3) is 2.76. The number of benzene rings is 1. The zero-order valence-electron chi connectivity index (χ0n) is 7.80. The van der Waals surface area contributed by atoms with E-state index in [0.717, 1.165) is 0 Å². The van der Waals surface area contributed by atoms with E-state index in [1.165, 1.54) is 18.2 Å². The van der Waals surface area contributed by atoms with E-state index in [-0.39, 0.29) is 22.9 Å². The number of hydrogen-bond acceptors (Lipinski definition) is 2. The smallest absolute Gasteiger partial charge is 0.211 e. The van der Waals surface area contributed by atoms with Crippen molar-refractivity contribution in [1.29, 1.82) is 0 Å². The Hall–Kier alpha value is -1.42. The fourth-order valence-corrected chi connectivity index (χ4v) is 1.32. The summed E-state index contributed by atoms with van der Waals surface area (Å²) in [7, 11) is 0. The first-order chi connectivity index (χ1) is 7.22. The molecular weight excluding hydrogens is 221 g/mol. The highest BCUT2D eigenvalue weighted by Gasteiger charge is 2.10. The normalized spacial score (nSPS) is 9.73. The quantitative estimate of drug-likeness (QED) is 0.478. The van der Waals surface area contributed by atoms with E-state index < -0.39 is 6.67 Å². The molecule has 5 heteroatoms. The maximum absolute atomic E-state index is 12.3. The highest BCUT2D eigenvalue weighted by atomic mass is 35.5. The molecule has 0 saturated heterocycles. The van der Waals surface area contributed by atoms with Crippen LogP contribution in [0.15, 0.2) is 18.2 Å². The van der Waals surface area contributed by atoms with Gasteiger partial charge in [-0.3, -0.25) is 9.59 Å². The van der Waals surface area contributed by atoms with Crippen LogP contribution < -0.4 is 5.32 Å². The molecule has 0 heterocycles. The standard InChI is InChI=1S/C10H9ClFNO2/c11-4-10(15)8-2-1-7(5-12)3-9(8)13-6-14/h1-3,6H,4-5H2,(H,13,14). The first-order valence-corrected chi connectivity index (χ1v) is 4.74. The molecule has 80 valence electrons. The van der Waals surface area contributed by atoms with Crippen molar-refractivity contribution in [3.05, 3.63) is 29.3 Å². The van der Waals surface area contributed by atoms with Crippen LogP contribution in [0.3, 0.4) is 0 Å². The van der Waals surface area contributed by atoms with Crippen molar-refractivity contribution < 1.29 is 14.0 Å². The number of amides is 1. The number of ketones is 1. The number of alkyl halides is 2. The Morgan fingerprint density at radius 3 is 2.80 bits per heavy atom. The second-order valence-corrected chi connectivity index (χ2v) is 3.10. The number of halogens is 2. The van der Waals surface area contributed by atoms with Crippen molar-refractivity contribution in [2.45, 2.75) is 6.67 Å². The Morgan fingerprint density at radius 1 is 1.53 bits per heavy atom. The van der Waals surface area contributed by atoms with Gasteiger partial charge >= 0.3 is 0 Å². The van der Waals surface area contributed by atoms with Gasteiger partial charge in [-0.25, -0.2) is 4.39 Å². The van der Waals surface area contributed by atoms with Crippen molar-refractivity contribution in [3.8, 4) is 0 Å². The topological polar surface area (TPSA) is 46.2 Å². The van der Waals surface area contributed by atoms with E-state index >= 15 is 0 Å². The molecule has 1 amide bonds. The van der Waals surface area contributed by atoms with E-state index in [1.54, 1.807) is 0 Å². The molecular formula is C10H9ClFNO2. The zero-order valence-corrected chi connectivity index (χ0v) is 8.55. The molecule has 0 radical (unpaired) electrons. The summed E-state index contributed by atoms with van der Waals surface area (Å²) in [5.74, 6) is -0.492. The van der Waals surface area contributed by atoms with E-state index in [9.17, 15) is 14.0 Å².